The summed E-state index contributed by atoms with van der Waals surface area (Å²) in [6.07, 6.45) is 4.03. The standard InChI is InChI=1S/C14H20ClN3OS/c1-17-11-2-3-12(17)8-18(5-4-11)14(19)6-13-16-10(7-15)9-20-13/h9,11-12H,2-8H2,1H3. The summed E-state index contributed by atoms with van der Waals surface area (Å²) in [7, 11) is 2.20. The molecule has 2 atom stereocenters. The van der Waals surface area contributed by atoms with Crippen LogP contribution >= 0.6 is 22.9 Å². The van der Waals surface area contributed by atoms with Crippen LogP contribution in [-0.4, -0.2) is 52.9 Å². The Hall–Kier alpha value is -0.650. The first-order chi connectivity index (χ1) is 9.67. The SMILES string of the molecule is CN1C2CCC1CN(C(=O)Cc1nc(CCl)cs1)CC2. The van der Waals surface area contributed by atoms with Crippen molar-refractivity contribution >= 4 is 28.8 Å². The average Bonchev–Trinajstić information content (AvgIpc) is 2.95. The van der Waals surface area contributed by atoms with Gasteiger partial charge in [-0.15, -0.1) is 22.9 Å². The Morgan fingerprint density at radius 2 is 2.25 bits per heavy atom. The van der Waals surface area contributed by atoms with Gasteiger partial charge in [-0.05, 0) is 26.3 Å². The summed E-state index contributed by atoms with van der Waals surface area (Å²) in [6.45, 7) is 1.76. The zero-order valence-corrected chi connectivity index (χ0v) is 13.3. The molecule has 0 radical (unpaired) electrons. The van der Waals surface area contributed by atoms with Crippen LogP contribution in [0.1, 0.15) is 30.0 Å². The number of likely N-dealkylation sites (tertiary alicyclic amines) is 1. The van der Waals surface area contributed by atoms with Crippen molar-refractivity contribution in [3.8, 4) is 0 Å². The number of halogens is 1. The minimum absolute atomic E-state index is 0.210. The van der Waals surface area contributed by atoms with E-state index < -0.39 is 0 Å². The van der Waals surface area contributed by atoms with Gasteiger partial charge in [0.1, 0.15) is 5.01 Å². The largest absolute Gasteiger partial charge is 0.341 e. The fraction of sp³-hybridized carbons (Fsp3) is 0.714. The maximum atomic E-state index is 12.4. The van der Waals surface area contributed by atoms with Crippen LogP contribution in [0.15, 0.2) is 5.38 Å². The molecule has 20 heavy (non-hydrogen) atoms. The molecule has 4 nitrogen and oxygen atoms in total. The first-order valence-electron chi connectivity index (χ1n) is 7.16. The lowest BCUT2D eigenvalue weighted by molar-refractivity contribution is -0.130. The number of fused-ring (bicyclic) bond motifs is 2. The zero-order chi connectivity index (χ0) is 14.1. The zero-order valence-electron chi connectivity index (χ0n) is 11.7. The van der Waals surface area contributed by atoms with Crippen LogP contribution in [0.2, 0.25) is 0 Å². The molecule has 2 aliphatic heterocycles. The fourth-order valence-corrected chi connectivity index (χ4v) is 4.28. The summed E-state index contributed by atoms with van der Waals surface area (Å²) in [4.78, 5) is 21.3. The molecule has 1 aromatic heterocycles. The molecule has 2 saturated heterocycles. The van der Waals surface area contributed by atoms with E-state index in [4.69, 9.17) is 11.6 Å². The summed E-state index contributed by atoms with van der Waals surface area (Å²) in [5.41, 5.74) is 0.870. The van der Waals surface area contributed by atoms with E-state index in [0.29, 0.717) is 24.4 Å². The molecule has 3 heterocycles. The minimum atomic E-state index is 0.210. The molecule has 2 unspecified atom stereocenters. The van der Waals surface area contributed by atoms with Crippen LogP contribution in [0.25, 0.3) is 0 Å². The molecule has 1 amide bonds. The van der Waals surface area contributed by atoms with Gasteiger partial charge < -0.3 is 4.90 Å². The highest BCUT2D eigenvalue weighted by Crippen LogP contribution is 2.28. The quantitative estimate of drug-likeness (QED) is 0.802. The third-order valence-corrected chi connectivity index (χ3v) is 5.71. The van der Waals surface area contributed by atoms with Gasteiger partial charge in [-0.1, -0.05) is 0 Å². The summed E-state index contributed by atoms with van der Waals surface area (Å²) < 4.78 is 0. The van der Waals surface area contributed by atoms with Gasteiger partial charge in [0.15, 0.2) is 0 Å². The van der Waals surface area contributed by atoms with Crippen LogP contribution in [0.3, 0.4) is 0 Å². The van der Waals surface area contributed by atoms with Gasteiger partial charge in [-0.3, -0.25) is 9.69 Å². The van der Waals surface area contributed by atoms with Crippen molar-refractivity contribution in [2.45, 2.75) is 43.6 Å². The Morgan fingerprint density at radius 3 is 3.00 bits per heavy atom. The third kappa shape index (κ3) is 2.85. The van der Waals surface area contributed by atoms with E-state index in [2.05, 4.69) is 16.9 Å². The number of nitrogens with zero attached hydrogens (tertiary/aromatic N) is 3. The van der Waals surface area contributed by atoms with Crippen LogP contribution in [0, 0.1) is 0 Å². The third-order valence-electron chi connectivity index (χ3n) is 4.54. The highest BCUT2D eigenvalue weighted by atomic mass is 35.5. The topological polar surface area (TPSA) is 36.4 Å². The summed E-state index contributed by atoms with van der Waals surface area (Å²) >= 11 is 7.28. The first kappa shape index (κ1) is 14.3. The number of hydrogen-bond acceptors (Lipinski definition) is 4. The molecular weight excluding hydrogens is 294 g/mol. The molecule has 1 aromatic rings. The average molecular weight is 314 g/mol. The van der Waals surface area contributed by atoms with E-state index in [1.807, 2.05) is 10.3 Å². The molecule has 0 N–H and O–H groups in total. The molecule has 2 bridgehead atoms. The molecule has 0 spiro atoms. The number of hydrogen-bond donors (Lipinski definition) is 0. The Morgan fingerprint density at radius 1 is 1.45 bits per heavy atom. The monoisotopic (exact) mass is 313 g/mol. The lowest BCUT2D eigenvalue weighted by atomic mass is 10.1. The van der Waals surface area contributed by atoms with Gasteiger partial charge in [-0.25, -0.2) is 4.98 Å². The Bertz CT molecular complexity index is 493. The molecule has 2 aliphatic rings. The Kier molecular flexibility index (Phi) is 4.29. The van der Waals surface area contributed by atoms with Gasteiger partial charge >= 0.3 is 0 Å². The van der Waals surface area contributed by atoms with Crippen LogP contribution in [0.4, 0.5) is 0 Å². The molecule has 0 aliphatic carbocycles. The first-order valence-corrected chi connectivity index (χ1v) is 8.57. The predicted octanol–water partition coefficient (Wildman–Crippen LogP) is 2.12. The Labute approximate surface area is 128 Å². The highest BCUT2D eigenvalue weighted by molar-refractivity contribution is 7.09. The molecular formula is C14H20ClN3OS. The molecule has 0 aromatic carbocycles. The van der Waals surface area contributed by atoms with Crippen LogP contribution in [-0.2, 0) is 17.1 Å². The second-order valence-corrected chi connectivity index (χ2v) is 6.93. The fourth-order valence-electron chi connectivity index (χ4n) is 3.27. The Balaban J connectivity index is 1.62. The predicted molar refractivity (Wildman–Crippen MR) is 81.1 cm³/mol. The number of rotatable bonds is 3. The van der Waals surface area contributed by atoms with Crippen molar-refractivity contribution in [1.82, 2.24) is 14.8 Å². The van der Waals surface area contributed by atoms with E-state index in [1.165, 1.54) is 24.2 Å². The molecule has 110 valence electrons. The van der Waals surface area contributed by atoms with E-state index >= 15 is 0 Å². The van der Waals surface area contributed by atoms with E-state index in [-0.39, 0.29) is 5.91 Å². The van der Waals surface area contributed by atoms with Gasteiger partial charge in [0.2, 0.25) is 5.91 Å². The lowest BCUT2D eigenvalue weighted by Crippen LogP contribution is -2.40. The maximum absolute atomic E-state index is 12.4. The van der Waals surface area contributed by atoms with Crippen molar-refractivity contribution in [2.75, 3.05) is 20.1 Å². The second kappa shape index (κ2) is 6.00. The lowest BCUT2D eigenvalue weighted by Gasteiger charge is -2.25. The number of carbonyl (C=O) groups excluding carboxylic acids is 1. The second-order valence-electron chi connectivity index (χ2n) is 5.72. The number of thiazole rings is 1. The van der Waals surface area contributed by atoms with Crippen molar-refractivity contribution in [2.24, 2.45) is 0 Å². The van der Waals surface area contributed by atoms with Gasteiger partial charge in [0.05, 0.1) is 18.0 Å². The number of aromatic nitrogens is 1. The van der Waals surface area contributed by atoms with Gasteiger partial charge in [0.25, 0.3) is 0 Å². The minimum Gasteiger partial charge on any atom is -0.341 e. The van der Waals surface area contributed by atoms with Gasteiger partial charge in [0, 0.05) is 30.6 Å². The van der Waals surface area contributed by atoms with Crippen molar-refractivity contribution in [3.05, 3.63) is 16.1 Å². The molecule has 0 saturated carbocycles. The van der Waals surface area contributed by atoms with Crippen molar-refractivity contribution < 1.29 is 4.79 Å². The van der Waals surface area contributed by atoms with Crippen LogP contribution in [0.5, 0.6) is 0 Å². The van der Waals surface area contributed by atoms with Crippen molar-refractivity contribution in [1.29, 1.82) is 0 Å². The molecule has 2 fully saturated rings. The summed E-state index contributed by atoms with van der Waals surface area (Å²) in [6, 6.07) is 1.21. The normalized spacial score (nSPS) is 26.8. The summed E-state index contributed by atoms with van der Waals surface area (Å²) in [5, 5.41) is 2.82. The van der Waals surface area contributed by atoms with Crippen molar-refractivity contribution in [3.63, 3.8) is 0 Å². The maximum Gasteiger partial charge on any atom is 0.229 e. The van der Waals surface area contributed by atoms with E-state index in [9.17, 15) is 4.79 Å². The number of amides is 1. The van der Waals surface area contributed by atoms with Crippen LogP contribution < -0.4 is 0 Å². The molecule has 3 rings (SSSR count). The summed E-state index contributed by atoms with van der Waals surface area (Å²) in [5.74, 6) is 0.629. The van der Waals surface area contributed by atoms with E-state index in [1.54, 1.807) is 0 Å². The van der Waals surface area contributed by atoms with E-state index in [0.717, 1.165) is 30.2 Å². The van der Waals surface area contributed by atoms with Gasteiger partial charge in [-0.2, -0.15) is 0 Å². The number of alkyl halides is 1. The number of carbonyl (C=O) groups is 1. The smallest absolute Gasteiger partial charge is 0.229 e. The highest BCUT2D eigenvalue weighted by Gasteiger charge is 2.35. The molecule has 6 heteroatoms. The number of likely N-dealkylation sites (N-methyl/N-ethyl adjacent to an activating group) is 1.